The van der Waals surface area contributed by atoms with Crippen molar-refractivity contribution in [3.8, 4) is 0 Å². The Hall–Kier alpha value is -0.860. The lowest BCUT2D eigenvalue weighted by Crippen LogP contribution is -2.09. The van der Waals surface area contributed by atoms with Gasteiger partial charge in [0.25, 0.3) is 0 Å². The minimum absolute atomic E-state index is 0.230. The van der Waals surface area contributed by atoms with Crippen LogP contribution in [0.4, 0.5) is 0 Å². The van der Waals surface area contributed by atoms with Crippen molar-refractivity contribution in [3.63, 3.8) is 0 Å². The van der Waals surface area contributed by atoms with E-state index in [0.717, 1.165) is 18.2 Å². The Balaban J connectivity index is 2.04. The van der Waals surface area contributed by atoms with Crippen LogP contribution in [0.5, 0.6) is 0 Å². The monoisotopic (exact) mass is 180 g/mol. The third-order valence-corrected chi connectivity index (χ3v) is 2.09. The van der Waals surface area contributed by atoms with E-state index < -0.39 is 0 Å². The summed E-state index contributed by atoms with van der Waals surface area (Å²) in [6.45, 7) is 6.52. The van der Waals surface area contributed by atoms with Crippen molar-refractivity contribution in [1.82, 2.24) is 10.2 Å². The summed E-state index contributed by atoms with van der Waals surface area (Å²) in [7, 11) is 0. The summed E-state index contributed by atoms with van der Waals surface area (Å²) in [4.78, 5) is 0. The Morgan fingerprint density at radius 2 is 2.00 bits per heavy atom. The van der Waals surface area contributed by atoms with Gasteiger partial charge in [0, 0.05) is 12.3 Å². The van der Waals surface area contributed by atoms with Gasteiger partial charge in [0.2, 0.25) is 11.8 Å². The minimum atomic E-state index is 0.230. The first-order valence-corrected chi connectivity index (χ1v) is 4.87. The molecule has 0 aliphatic heterocycles. The molecule has 3 nitrogen and oxygen atoms in total. The molecule has 0 saturated heterocycles. The topological polar surface area (TPSA) is 38.9 Å². The number of hydrogen-bond donors (Lipinski definition) is 0. The molecule has 13 heavy (non-hydrogen) atoms. The standard InChI is InChI=1S/C10H16N2O/c1-10(2,3)6-8-11-12-9(13-8)7-4-5-7/h7H,4-6H2,1-3H3. The highest BCUT2D eigenvalue weighted by molar-refractivity contribution is 5.00. The highest BCUT2D eigenvalue weighted by atomic mass is 16.4. The van der Waals surface area contributed by atoms with Crippen LogP contribution < -0.4 is 0 Å². The zero-order valence-electron chi connectivity index (χ0n) is 8.50. The summed E-state index contributed by atoms with van der Waals surface area (Å²) < 4.78 is 5.56. The van der Waals surface area contributed by atoms with Gasteiger partial charge < -0.3 is 4.42 Å². The van der Waals surface area contributed by atoms with Gasteiger partial charge in [-0.1, -0.05) is 20.8 Å². The molecule has 1 heterocycles. The van der Waals surface area contributed by atoms with E-state index in [1.165, 1.54) is 12.8 Å². The van der Waals surface area contributed by atoms with Crippen LogP contribution in [-0.2, 0) is 6.42 Å². The van der Waals surface area contributed by atoms with Gasteiger partial charge in [0.15, 0.2) is 0 Å². The second kappa shape index (κ2) is 2.82. The molecule has 3 heteroatoms. The molecule has 1 fully saturated rings. The Morgan fingerprint density at radius 1 is 1.31 bits per heavy atom. The highest BCUT2D eigenvalue weighted by Crippen LogP contribution is 2.39. The van der Waals surface area contributed by atoms with E-state index >= 15 is 0 Å². The molecule has 72 valence electrons. The van der Waals surface area contributed by atoms with Gasteiger partial charge in [-0.2, -0.15) is 0 Å². The molecule has 1 aliphatic carbocycles. The zero-order valence-corrected chi connectivity index (χ0v) is 8.50. The lowest BCUT2D eigenvalue weighted by molar-refractivity contribution is 0.345. The fourth-order valence-electron chi connectivity index (χ4n) is 1.29. The van der Waals surface area contributed by atoms with Crippen LogP contribution in [0.3, 0.4) is 0 Å². The summed E-state index contributed by atoms with van der Waals surface area (Å²) in [5, 5.41) is 8.09. The van der Waals surface area contributed by atoms with E-state index in [0.29, 0.717) is 5.92 Å². The van der Waals surface area contributed by atoms with E-state index in [1.54, 1.807) is 0 Å². The van der Waals surface area contributed by atoms with E-state index in [9.17, 15) is 0 Å². The van der Waals surface area contributed by atoms with Crippen molar-refractivity contribution >= 4 is 0 Å². The molecule has 2 rings (SSSR count). The molecular weight excluding hydrogens is 164 g/mol. The van der Waals surface area contributed by atoms with Crippen molar-refractivity contribution in [1.29, 1.82) is 0 Å². The predicted molar refractivity (Wildman–Crippen MR) is 49.4 cm³/mol. The lowest BCUT2D eigenvalue weighted by atomic mass is 9.92. The van der Waals surface area contributed by atoms with Crippen molar-refractivity contribution in [2.45, 2.75) is 46.0 Å². The van der Waals surface area contributed by atoms with Gasteiger partial charge >= 0.3 is 0 Å². The number of nitrogens with zero attached hydrogens (tertiary/aromatic N) is 2. The first-order chi connectivity index (χ1) is 6.04. The van der Waals surface area contributed by atoms with Gasteiger partial charge in [-0.25, -0.2) is 0 Å². The lowest BCUT2D eigenvalue weighted by Gasteiger charge is -2.14. The molecule has 1 aliphatic rings. The van der Waals surface area contributed by atoms with Crippen molar-refractivity contribution in [2.75, 3.05) is 0 Å². The summed E-state index contributed by atoms with van der Waals surface area (Å²) in [5.41, 5.74) is 0.230. The van der Waals surface area contributed by atoms with Crippen LogP contribution in [0, 0.1) is 5.41 Å². The third-order valence-electron chi connectivity index (χ3n) is 2.09. The van der Waals surface area contributed by atoms with Gasteiger partial charge in [0.1, 0.15) is 0 Å². The molecular formula is C10H16N2O. The van der Waals surface area contributed by atoms with Crippen molar-refractivity contribution in [3.05, 3.63) is 11.8 Å². The van der Waals surface area contributed by atoms with E-state index in [-0.39, 0.29) is 5.41 Å². The second-order valence-electron chi connectivity index (χ2n) is 5.05. The maximum atomic E-state index is 5.56. The summed E-state index contributed by atoms with van der Waals surface area (Å²) >= 11 is 0. The van der Waals surface area contributed by atoms with Gasteiger partial charge in [0.05, 0.1) is 0 Å². The Kier molecular flexibility index (Phi) is 1.90. The molecule has 0 bridgehead atoms. The smallest absolute Gasteiger partial charge is 0.219 e. The fourth-order valence-corrected chi connectivity index (χ4v) is 1.29. The molecule has 0 N–H and O–H groups in total. The average molecular weight is 180 g/mol. The number of rotatable bonds is 2. The van der Waals surface area contributed by atoms with Crippen LogP contribution in [0.15, 0.2) is 4.42 Å². The van der Waals surface area contributed by atoms with E-state index in [1.807, 2.05) is 0 Å². The van der Waals surface area contributed by atoms with Gasteiger partial charge in [-0.3, -0.25) is 0 Å². The Bertz CT molecular complexity index is 294. The molecule has 1 aromatic rings. The molecule has 1 saturated carbocycles. The Labute approximate surface area is 78.5 Å². The average Bonchev–Trinajstić information content (AvgIpc) is 2.72. The van der Waals surface area contributed by atoms with Crippen LogP contribution >= 0.6 is 0 Å². The minimum Gasteiger partial charge on any atom is -0.425 e. The highest BCUT2D eigenvalue weighted by Gasteiger charge is 2.29. The number of aromatic nitrogens is 2. The summed E-state index contributed by atoms with van der Waals surface area (Å²) in [6.07, 6.45) is 3.31. The quantitative estimate of drug-likeness (QED) is 0.702. The van der Waals surface area contributed by atoms with E-state index in [4.69, 9.17) is 4.42 Å². The third kappa shape index (κ3) is 2.29. The van der Waals surface area contributed by atoms with Gasteiger partial charge in [-0.15, -0.1) is 10.2 Å². The first kappa shape index (κ1) is 8.73. The normalized spacial score (nSPS) is 17.8. The SMILES string of the molecule is CC(C)(C)Cc1nnc(C2CC2)o1. The van der Waals surface area contributed by atoms with Crippen molar-refractivity contribution in [2.24, 2.45) is 5.41 Å². The fraction of sp³-hybridized carbons (Fsp3) is 0.800. The second-order valence-corrected chi connectivity index (χ2v) is 5.05. The van der Waals surface area contributed by atoms with Crippen molar-refractivity contribution < 1.29 is 4.42 Å². The summed E-state index contributed by atoms with van der Waals surface area (Å²) in [5.74, 6) is 2.20. The zero-order chi connectivity index (χ0) is 9.47. The molecule has 0 atom stereocenters. The first-order valence-electron chi connectivity index (χ1n) is 4.87. The molecule has 1 aromatic heterocycles. The predicted octanol–water partition coefficient (Wildman–Crippen LogP) is 2.54. The van der Waals surface area contributed by atoms with E-state index in [2.05, 4.69) is 31.0 Å². The van der Waals surface area contributed by atoms with Crippen LogP contribution in [-0.4, -0.2) is 10.2 Å². The molecule has 0 aromatic carbocycles. The van der Waals surface area contributed by atoms with Crippen LogP contribution in [0.25, 0.3) is 0 Å². The Morgan fingerprint density at radius 3 is 2.54 bits per heavy atom. The maximum Gasteiger partial charge on any atom is 0.219 e. The molecule has 0 unspecified atom stereocenters. The molecule has 0 amide bonds. The molecule has 0 spiro atoms. The molecule has 0 radical (unpaired) electrons. The van der Waals surface area contributed by atoms with Crippen LogP contribution in [0.2, 0.25) is 0 Å². The maximum absolute atomic E-state index is 5.56. The largest absolute Gasteiger partial charge is 0.425 e. The van der Waals surface area contributed by atoms with Gasteiger partial charge in [-0.05, 0) is 18.3 Å². The summed E-state index contributed by atoms with van der Waals surface area (Å²) in [6, 6.07) is 0. The number of hydrogen-bond acceptors (Lipinski definition) is 3. The van der Waals surface area contributed by atoms with Crippen LogP contribution in [0.1, 0.15) is 51.3 Å².